The van der Waals surface area contributed by atoms with Crippen LogP contribution in [0.4, 0.5) is 4.79 Å². The van der Waals surface area contributed by atoms with Crippen molar-refractivity contribution in [1.29, 1.82) is 0 Å². The Morgan fingerprint density at radius 2 is 1.85 bits per heavy atom. The normalized spacial score (nSPS) is 14.6. The number of hydrogen-bond donors (Lipinski definition) is 1. The molecule has 3 amide bonds. The minimum Gasteiger partial charge on any atom is -0.449 e. The van der Waals surface area contributed by atoms with Crippen molar-refractivity contribution >= 4 is 23.7 Å². The molecule has 8 heteroatoms. The molecule has 2 heterocycles. The highest BCUT2D eigenvalue weighted by molar-refractivity contribution is 5.99. The maximum Gasteiger partial charge on any atom is 0.375 e. The molecule has 1 fully saturated rings. The lowest BCUT2D eigenvalue weighted by Gasteiger charge is -2.17. The minimum atomic E-state index is -1.12. The average molecular weight is 370 g/mol. The van der Waals surface area contributed by atoms with Crippen LogP contribution in [0.15, 0.2) is 40.8 Å². The number of furan rings is 1. The molecule has 0 aliphatic carbocycles. The first-order valence-corrected chi connectivity index (χ1v) is 8.38. The number of urea groups is 1. The van der Waals surface area contributed by atoms with Gasteiger partial charge in [-0.15, -0.1) is 0 Å². The van der Waals surface area contributed by atoms with Gasteiger partial charge >= 0.3 is 12.0 Å². The molecular weight excluding hydrogens is 352 g/mol. The molecule has 1 atom stereocenters. The molecule has 3 rings (SSSR count). The molecule has 1 N–H and O–H groups in total. The Morgan fingerprint density at radius 3 is 2.44 bits per heavy atom. The molecular formula is C19H18N2O6. The Hall–Kier alpha value is -3.42. The minimum absolute atomic E-state index is 0.0457. The van der Waals surface area contributed by atoms with Crippen LogP contribution in [0.2, 0.25) is 0 Å². The van der Waals surface area contributed by atoms with Gasteiger partial charge in [0.1, 0.15) is 5.76 Å². The summed E-state index contributed by atoms with van der Waals surface area (Å²) in [6.45, 7) is 3.48. The lowest BCUT2D eigenvalue weighted by molar-refractivity contribution is -0.136. The van der Waals surface area contributed by atoms with Crippen molar-refractivity contribution in [3.63, 3.8) is 0 Å². The molecule has 27 heavy (non-hydrogen) atoms. The van der Waals surface area contributed by atoms with Crippen molar-refractivity contribution in [1.82, 2.24) is 10.2 Å². The number of nitrogens with zero attached hydrogens (tertiary/aromatic N) is 1. The zero-order valence-electron chi connectivity index (χ0n) is 14.9. The molecule has 1 unspecified atom stereocenters. The van der Waals surface area contributed by atoms with Gasteiger partial charge in [0.05, 0.1) is 0 Å². The summed E-state index contributed by atoms with van der Waals surface area (Å²) in [7, 11) is 0. The maximum absolute atomic E-state index is 12.2. The Balaban J connectivity index is 1.66. The quantitative estimate of drug-likeness (QED) is 0.639. The highest BCUT2D eigenvalue weighted by Crippen LogP contribution is 2.23. The number of carbonyl (C=O) groups excluding carboxylic acids is 4. The van der Waals surface area contributed by atoms with Gasteiger partial charge in [-0.05, 0) is 26.0 Å². The second-order valence-electron chi connectivity index (χ2n) is 6.07. The molecule has 140 valence electrons. The maximum atomic E-state index is 12.2. The van der Waals surface area contributed by atoms with E-state index in [1.54, 1.807) is 30.3 Å². The number of ketones is 1. The largest absolute Gasteiger partial charge is 0.449 e. The first-order chi connectivity index (χ1) is 12.9. The van der Waals surface area contributed by atoms with E-state index in [4.69, 9.17) is 9.15 Å². The summed E-state index contributed by atoms with van der Waals surface area (Å²) < 4.78 is 10.6. The van der Waals surface area contributed by atoms with E-state index in [1.165, 1.54) is 19.9 Å². The number of benzene rings is 1. The van der Waals surface area contributed by atoms with E-state index >= 15 is 0 Å². The van der Waals surface area contributed by atoms with Gasteiger partial charge in [-0.3, -0.25) is 14.5 Å². The van der Waals surface area contributed by atoms with Crippen LogP contribution in [-0.4, -0.2) is 47.8 Å². The summed E-state index contributed by atoms with van der Waals surface area (Å²) in [5, 5.41) is 2.51. The van der Waals surface area contributed by atoms with E-state index in [2.05, 4.69) is 5.32 Å². The fraction of sp³-hybridized carbons (Fsp3) is 0.263. The second kappa shape index (κ2) is 7.45. The van der Waals surface area contributed by atoms with Gasteiger partial charge in [0, 0.05) is 24.2 Å². The van der Waals surface area contributed by atoms with E-state index in [9.17, 15) is 19.2 Å². The highest BCUT2D eigenvalue weighted by Gasteiger charge is 2.32. The van der Waals surface area contributed by atoms with Gasteiger partial charge < -0.3 is 14.5 Å². The van der Waals surface area contributed by atoms with Crippen LogP contribution < -0.4 is 5.32 Å². The molecule has 1 aromatic carbocycles. The lowest BCUT2D eigenvalue weighted by Crippen LogP contribution is -2.41. The van der Waals surface area contributed by atoms with Gasteiger partial charge in [-0.1, -0.05) is 24.3 Å². The smallest absolute Gasteiger partial charge is 0.375 e. The molecule has 2 aromatic rings. The SMILES string of the molecule is CC(=O)c1ccc(-c2ccc(C(=O)OC(C)C(=O)N3CCNC3=O)o2)cc1. The molecule has 8 nitrogen and oxygen atoms in total. The average Bonchev–Trinajstić information content (AvgIpc) is 3.30. The summed E-state index contributed by atoms with van der Waals surface area (Å²) in [5.74, 6) is -1.08. The number of rotatable bonds is 5. The third-order valence-electron chi connectivity index (χ3n) is 4.14. The number of imide groups is 1. The fourth-order valence-corrected chi connectivity index (χ4v) is 2.64. The summed E-state index contributed by atoms with van der Waals surface area (Å²) in [6, 6.07) is 9.29. The van der Waals surface area contributed by atoms with Gasteiger partial charge in [-0.25, -0.2) is 9.59 Å². The molecule has 1 aliphatic rings. The molecule has 1 saturated heterocycles. The Morgan fingerprint density at radius 1 is 1.15 bits per heavy atom. The molecule has 0 bridgehead atoms. The second-order valence-corrected chi connectivity index (χ2v) is 6.07. The van der Waals surface area contributed by atoms with E-state index in [0.717, 1.165) is 4.90 Å². The fourth-order valence-electron chi connectivity index (χ4n) is 2.64. The van der Waals surface area contributed by atoms with E-state index in [-0.39, 0.29) is 18.1 Å². The number of carbonyl (C=O) groups is 4. The standard InChI is InChI=1S/C19H18N2O6/c1-11(22)13-3-5-14(6-4-13)15-7-8-16(27-15)18(24)26-12(2)17(23)21-10-9-20-19(21)25/h3-8,12H,9-10H2,1-2H3,(H,20,25). The highest BCUT2D eigenvalue weighted by atomic mass is 16.6. The molecule has 1 aliphatic heterocycles. The Kier molecular flexibility index (Phi) is 5.07. The van der Waals surface area contributed by atoms with Crippen molar-refractivity contribution in [3.8, 4) is 11.3 Å². The summed E-state index contributed by atoms with van der Waals surface area (Å²) in [5.41, 5.74) is 1.26. The summed E-state index contributed by atoms with van der Waals surface area (Å²) in [6.07, 6.45) is -1.12. The zero-order valence-corrected chi connectivity index (χ0v) is 14.9. The summed E-state index contributed by atoms with van der Waals surface area (Å²) in [4.78, 5) is 48.2. The van der Waals surface area contributed by atoms with Gasteiger partial charge in [0.25, 0.3) is 5.91 Å². The van der Waals surface area contributed by atoms with Crippen molar-refractivity contribution in [2.24, 2.45) is 0 Å². The zero-order chi connectivity index (χ0) is 19.6. The number of Topliss-reactive ketones (excluding diaryl/α,β-unsaturated/α-hetero) is 1. The van der Waals surface area contributed by atoms with Gasteiger partial charge in [0.2, 0.25) is 5.76 Å². The van der Waals surface area contributed by atoms with Crippen LogP contribution >= 0.6 is 0 Å². The predicted octanol–water partition coefficient (Wildman–Crippen LogP) is 2.25. The van der Waals surface area contributed by atoms with Crippen LogP contribution in [-0.2, 0) is 9.53 Å². The van der Waals surface area contributed by atoms with Crippen LogP contribution in [0.3, 0.4) is 0 Å². The number of ether oxygens (including phenoxy) is 1. The van der Waals surface area contributed by atoms with Crippen molar-refractivity contribution < 1.29 is 28.3 Å². The van der Waals surface area contributed by atoms with Gasteiger partial charge in [-0.2, -0.15) is 0 Å². The van der Waals surface area contributed by atoms with Crippen molar-refractivity contribution in [2.75, 3.05) is 13.1 Å². The third kappa shape index (κ3) is 3.89. The number of esters is 1. The van der Waals surface area contributed by atoms with E-state index < -0.39 is 24.0 Å². The third-order valence-corrected chi connectivity index (χ3v) is 4.14. The molecule has 0 radical (unpaired) electrons. The van der Waals surface area contributed by atoms with Crippen LogP contribution in [0.5, 0.6) is 0 Å². The topological polar surface area (TPSA) is 106 Å². The van der Waals surface area contributed by atoms with Crippen LogP contribution in [0, 0.1) is 0 Å². The Labute approximate surface area is 155 Å². The Bertz CT molecular complexity index is 899. The number of hydrogen-bond acceptors (Lipinski definition) is 6. The first-order valence-electron chi connectivity index (χ1n) is 8.38. The monoisotopic (exact) mass is 370 g/mol. The molecule has 0 spiro atoms. The van der Waals surface area contributed by atoms with Crippen molar-refractivity contribution in [2.45, 2.75) is 20.0 Å². The lowest BCUT2D eigenvalue weighted by atomic mass is 10.1. The van der Waals surface area contributed by atoms with Crippen LogP contribution in [0.25, 0.3) is 11.3 Å². The van der Waals surface area contributed by atoms with Crippen LogP contribution in [0.1, 0.15) is 34.8 Å². The number of amides is 3. The number of nitrogens with one attached hydrogen (secondary N) is 1. The van der Waals surface area contributed by atoms with E-state index in [0.29, 0.717) is 23.4 Å². The summed E-state index contributed by atoms with van der Waals surface area (Å²) >= 11 is 0. The molecule has 1 aromatic heterocycles. The van der Waals surface area contributed by atoms with Crippen molar-refractivity contribution in [3.05, 3.63) is 47.7 Å². The predicted molar refractivity (Wildman–Crippen MR) is 94.1 cm³/mol. The molecule has 0 saturated carbocycles. The first kappa shape index (κ1) is 18.4. The van der Waals surface area contributed by atoms with E-state index in [1.807, 2.05) is 0 Å². The van der Waals surface area contributed by atoms with Gasteiger partial charge in [0.15, 0.2) is 11.9 Å².